The van der Waals surface area contributed by atoms with Crippen LogP contribution in [-0.2, 0) is 16.1 Å². The van der Waals surface area contributed by atoms with Gasteiger partial charge in [0, 0.05) is 44.0 Å². The van der Waals surface area contributed by atoms with Crippen LogP contribution in [0.2, 0.25) is 0 Å². The quantitative estimate of drug-likeness (QED) is 0.302. The zero-order valence-electron chi connectivity index (χ0n) is 22.0. The van der Waals surface area contributed by atoms with Gasteiger partial charge in [-0.2, -0.15) is 0 Å². The monoisotopic (exact) mass is 558 g/mol. The molecule has 2 fully saturated rings. The van der Waals surface area contributed by atoms with Gasteiger partial charge in [0.2, 0.25) is 11.9 Å². The topological polar surface area (TPSA) is 155 Å². The predicted octanol–water partition coefficient (Wildman–Crippen LogP) is 3.41. The molecule has 11 nitrogen and oxygen atoms in total. The molecular weight excluding hydrogens is 528 g/mol. The summed E-state index contributed by atoms with van der Waals surface area (Å²) >= 11 is 0.874. The molecule has 2 aliphatic rings. The summed E-state index contributed by atoms with van der Waals surface area (Å²) in [5, 5.41) is 8.28. The van der Waals surface area contributed by atoms with Gasteiger partial charge in [-0.25, -0.2) is 15.0 Å². The average Bonchev–Trinajstić information content (AvgIpc) is 3.25. The van der Waals surface area contributed by atoms with Crippen LogP contribution in [0.5, 0.6) is 0 Å². The molecule has 1 aromatic carbocycles. The zero-order valence-corrected chi connectivity index (χ0v) is 22.8. The maximum Gasteiger partial charge on any atom is 0.290 e. The highest BCUT2D eigenvalue weighted by molar-refractivity contribution is 8.18. The van der Waals surface area contributed by atoms with Gasteiger partial charge in [0.25, 0.3) is 11.1 Å². The second-order valence-corrected chi connectivity index (χ2v) is 10.7. The lowest BCUT2D eigenvalue weighted by Crippen LogP contribution is -2.38. The van der Waals surface area contributed by atoms with Gasteiger partial charge < -0.3 is 21.3 Å². The van der Waals surface area contributed by atoms with Gasteiger partial charge in [-0.15, -0.1) is 0 Å². The summed E-state index contributed by atoms with van der Waals surface area (Å²) in [6.07, 6.45) is 5.26. The number of piperidine rings is 1. The lowest BCUT2D eigenvalue weighted by molar-refractivity contribution is -0.115. The SMILES string of the molecule is CC(=O)Nc1cccc(-c2nc(N)ccc2CNCC2CCN(c3nccc(/C=C4\SC(=O)NC4=O)n3)CC2)c1. The van der Waals surface area contributed by atoms with Crippen molar-refractivity contribution in [3.8, 4) is 11.3 Å². The van der Waals surface area contributed by atoms with E-state index in [1.807, 2.05) is 30.3 Å². The van der Waals surface area contributed by atoms with E-state index in [0.717, 1.165) is 61.1 Å². The smallest absolute Gasteiger partial charge is 0.290 e. The molecule has 3 aromatic rings. The minimum atomic E-state index is -0.399. The number of nitrogens with two attached hydrogens (primary N) is 1. The lowest BCUT2D eigenvalue weighted by atomic mass is 9.96. The Morgan fingerprint density at radius 2 is 2.00 bits per heavy atom. The second-order valence-electron chi connectivity index (χ2n) is 9.70. The number of thioether (sulfide) groups is 1. The fraction of sp³-hybridized carbons (Fsp3) is 0.286. The summed E-state index contributed by atoms with van der Waals surface area (Å²) in [6.45, 7) is 4.63. The summed E-state index contributed by atoms with van der Waals surface area (Å²) in [4.78, 5) is 50.8. The minimum absolute atomic E-state index is 0.128. The maximum atomic E-state index is 11.8. The molecule has 12 heteroatoms. The average molecular weight is 559 g/mol. The van der Waals surface area contributed by atoms with Crippen molar-refractivity contribution in [3.05, 3.63) is 64.8 Å². The Hall–Kier alpha value is -4.29. The number of nitrogens with one attached hydrogen (secondary N) is 3. The van der Waals surface area contributed by atoms with Crippen molar-refractivity contribution >= 4 is 52.3 Å². The van der Waals surface area contributed by atoms with Gasteiger partial charge in [0.05, 0.1) is 16.3 Å². The second kappa shape index (κ2) is 12.3. The van der Waals surface area contributed by atoms with Crippen molar-refractivity contribution in [1.29, 1.82) is 0 Å². The zero-order chi connectivity index (χ0) is 28.1. The molecule has 2 aliphatic heterocycles. The normalized spacial score (nSPS) is 16.8. The summed E-state index contributed by atoms with van der Waals surface area (Å²) in [5.41, 5.74) is 10.0. The van der Waals surface area contributed by atoms with Gasteiger partial charge in [0.1, 0.15) is 5.82 Å². The van der Waals surface area contributed by atoms with E-state index in [1.54, 1.807) is 24.4 Å². The van der Waals surface area contributed by atoms with Crippen LogP contribution in [0.1, 0.15) is 31.0 Å². The largest absolute Gasteiger partial charge is 0.384 e. The Bertz CT molecular complexity index is 1470. The van der Waals surface area contributed by atoms with Crippen LogP contribution in [0.4, 0.5) is 22.2 Å². The number of nitrogens with zero attached hydrogens (tertiary/aromatic N) is 4. The van der Waals surface area contributed by atoms with Crippen LogP contribution in [-0.4, -0.2) is 51.6 Å². The highest BCUT2D eigenvalue weighted by Crippen LogP contribution is 2.27. The first-order valence-electron chi connectivity index (χ1n) is 13.0. The standard InChI is InChI=1S/C28H30N8O3S/c1-17(37)32-21-4-2-3-19(13-21)25-20(5-6-24(29)34-25)16-30-15-18-8-11-36(12-9-18)27-31-10-7-22(33-27)14-23-26(38)35-28(39)40-23/h2-7,10,13-14,18,30H,8-9,11-12,15-16H2,1H3,(H2,29,34)(H,32,37)(H,35,38,39)/b23-14-. The number of amides is 3. The van der Waals surface area contributed by atoms with Crippen LogP contribution in [0.25, 0.3) is 17.3 Å². The van der Waals surface area contributed by atoms with Crippen molar-refractivity contribution < 1.29 is 14.4 Å². The first-order chi connectivity index (χ1) is 19.3. The highest BCUT2D eigenvalue weighted by Gasteiger charge is 2.26. The van der Waals surface area contributed by atoms with Crippen molar-refractivity contribution in [2.45, 2.75) is 26.3 Å². The number of hydrogen-bond donors (Lipinski definition) is 4. The number of carbonyl (C=O) groups excluding carboxylic acids is 3. The molecule has 2 saturated heterocycles. The molecule has 0 atom stereocenters. The van der Waals surface area contributed by atoms with Crippen molar-refractivity contribution in [2.24, 2.45) is 5.92 Å². The number of anilines is 3. The Morgan fingerprint density at radius 3 is 2.75 bits per heavy atom. The summed E-state index contributed by atoms with van der Waals surface area (Å²) in [7, 11) is 0. The fourth-order valence-electron chi connectivity index (χ4n) is 4.74. The Balaban J connectivity index is 1.16. The Kier molecular flexibility index (Phi) is 8.37. The molecule has 40 heavy (non-hydrogen) atoms. The third kappa shape index (κ3) is 6.82. The minimum Gasteiger partial charge on any atom is -0.384 e. The first kappa shape index (κ1) is 27.3. The summed E-state index contributed by atoms with van der Waals surface area (Å²) in [6, 6.07) is 13.1. The van der Waals surface area contributed by atoms with Gasteiger partial charge in [0.15, 0.2) is 0 Å². The third-order valence-corrected chi connectivity index (χ3v) is 7.50. The van der Waals surface area contributed by atoms with E-state index in [1.165, 1.54) is 6.92 Å². The highest BCUT2D eigenvalue weighted by atomic mass is 32.2. The van der Waals surface area contributed by atoms with Crippen LogP contribution in [0.15, 0.2) is 53.6 Å². The molecule has 206 valence electrons. The molecule has 4 heterocycles. The molecule has 5 rings (SSSR count). The number of carbonyl (C=O) groups is 3. The molecule has 3 amide bonds. The van der Waals surface area contributed by atoms with Gasteiger partial charge in [-0.05, 0) is 73.0 Å². The fourth-order valence-corrected chi connectivity index (χ4v) is 5.41. The molecule has 0 unspecified atom stereocenters. The van der Waals surface area contributed by atoms with E-state index in [9.17, 15) is 14.4 Å². The van der Waals surface area contributed by atoms with Crippen LogP contribution >= 0.6 is 11.8 Å². The van der Waals surface area contributed by atoms with Gasteiger partial charge in [-0.1, -0.05) is 18.2 Å². The number of pyridine rings is 1. The van der Waals surface area contributed by atoms with Crippen molar-refractivity contribution in [2.75, 3.05) is 35.6 Å². The molecular formula is C28H30N8O3S. The number of rotatable bonds is 8. The molecule has 5 N–H and O–H groups in total. The number of hydrogen-bond acceptors (Lipinski definition) is 10. The summed E-state index contributed by atoms with van der Waals surface area (Å²) < 4.78 is 0. The Morgan fingerprint density at radius 1 is 1.18 bits per heavy atom. The van der Waals surface area contributed by atoms with E-state index >= 15 is 0 Å². The number of aromatic nitrogens is 3. The van der Waals surface area contributed by atoms with Gasteiger partial charge >= 0.3 is 0 Å². The lowest BCUT2D eigenvalue weighted by Gasteiger charge is -2.32. The molecule has 0 spiro atoms. The molecule has 0 radical (unpaired) electrons. The summed E-state index contributed by atoms with van der Waals surface area (Å²) in [5.74, 6) is 1.03. The number of imide groups is 1. The number of benzene rings is 1. The Labute approximate surface area is 236 Å². The molecule has 0 saturated carbocycles. The van der Waals surface area contributed by atoms with Crippen LogP contribution < -0.4 is 26.6 Å². The van der Waals surface area contributed by atoms with E-state index in [4.69, 9.17) is 5.73 Å². The van der Waals surface area contributed by atoms with Gasteiger partial charge in [-0.3, -0.25) is 19.7 Å². The number of nitrogen functional groups attached to an aromatic ring is 1. The predicted molar refractivity (Wildman–Crippen MR) is 156 cm³/mol. The molecule has 0 aliphatic carbocycles. The van der Waals surface area contributed by atoms with E-state index < -0.39 is 5.91 Å². The van der Waals surface area contributed by atoms with E-state index in [0.29, 0.717) is 40.5 Å². The third-order valence-electron chi connectivity index (χ3n) is 6.69. The first-order valence-corrected chi connectivity index (χ1v) is 13.8. The maximum absolute atomic E-state index is 11.8. The van der Waals surface area contributed by atoms with Crippen molar-refractivity contribution in [3.63, 3.8) is 0 Å². The molecule has 2 aromatic heterocycles. The van der Waals surface area contributed by atoms with Crippen LogP contribution in [0.3, 0.4) is 0 Å². The van der Waals surface area contributed by atoms with Crippen molar-refractivity contribution in [1.82, 2.24) is 25.6 Å². The molecule has 0 bridgehead atoms. The van der Waals surface area contributed by atoms with E-state index in [-0.39, 0.29) is 11.1 Å². The van der Waals surface area contributed by atoms with E-state index in [2.05, 4.69) is 35.8 Å². The van der Waals surface area contributed by atoms with Crippen LogP contribution in [0, 0.1) is 5.92 Å².